The summed E-state index contributed by atoms with van der Waals surface area (Å²) in [5.41, 5.74) is -0.245. The number of carbonyl (C=O) groups is 1. The Morgan fingerprint density at radius 2 is 1.91 bits per heavy atom. The van der Waals surface area contributed by atoms with E-state index in [-0.39, 0.29) is 28.6 Å². The number of carbonyl (C=O) groups excluding carboxylic acids is 1. The lowest BCUT2D eigenvalue weighted by molar-refractivity contribution is -0.384. The van der Waals surface area contributed by atoms with Gasteiger partial charge in [0.2, 0.25) is 0 Å². The van der Waals surface area contributed by atoms with Crippen LogP contribution in [0, 0.1) is 17.0 Å². The number of hydrogen-bond acceptors (Lipinski definition) is 7. The van der Waals surface area contributed by atoms with Crippen LogP contribution in [0.4, 0.5) is 11.6 Å². The van der Waals surface area contributed by atoms with Gasteiger partial charge in [-0.25, -0.2) is 0 Å². The number of hydrogen-bond donors (Lipinski definition) is 1. The molecule has 0 radical (unpaired) electrons. The Hall–Kier alpha value is -3.10. The molecule has 0 aliphatic carbocycles. The third-order valence-electron chi connectivity index (χ3n) is 2.90. The van der Waals surface area contributed by atoms with Gasteiger partial charge in [-0.05, 0) is 19.1 Å². The molecule has 9 nitrogen and oxygen atoms in total. The molecule has 0 unspecified atom stereocenters. The van der Waals surface area contributed by atoms with Crippen LogP contribution in [0.25, 0.3) is 0 Å². The molecule has 1 amide bonds. The first-order valence-corrected chi connectivity index (χ1v) is 6.12. The van der Waals surface area contributed by atoms with Crippen molar-refractivity contribution in [1.82, 2.24) is 5.16 Å². The van der Waals surface area contributed by atoms with Crippen LogP contribution in [0.3, 0.4) is 0 Å². The molecule has 0 saturated heterocycles. The summed E-state index contributed by atoms with van der Waals surface area (Å²) in [6, 6.07) is 4.78. The molecular weight excluding hydrogens is 294 g/mol. The molecule has 1 aromatic heterocycles. The zero-order valence-corrected chi connectivity index (χ0v) is 12.1. The van der Waals surface area contributed by atoms with Crippen molar-refractivity contribution in [2.45, 2.75) is 6.92 Å². The summed E-state index contributed by atoms with van der Waals surface area (Å²) in [7, 11) is 2.79. The second kappa shape index (κ2) is 6.12. The molecule has 0 aliphatic heterocycles. The van der Waals surface area contributed by atoms with E-state index in [0.29, 0.717) is 0 Å². The lowest BCUT2D eigenvalue weighted by Crippen LogP contribution is -2.15. The average Bonchev–Trinajstić information content (AvgIpc) is 2.86. The second-order valence-corrected chi connectivity index (χ2v) is 4.19. The normalized spacial score (nSPS) is 10.1. The van der Waals surface area contributed by atoms with Crippen molar-refractivity contribution in [1.29, 1.82) is 0 Å². The van der Waals surface area contributed by atoms with Gasteiger partial charge < -0.3 is 14.0 Å². The molecule has 0 atom stereocenters. The molecule has 116 valence electrons. The first-order valence-electron chi connectivity index (χ1n) is 6.12. The van der Waals surface area contributed by atoms with Crippen LogP contribution < -0.4 is 14.8 Å². The number of nitrogens with one attached hydrogen (secondary N) is 1. The average molecular weight is 307 g/mol. The number of anilines is 1. The largest absolute Gasteiger partial charge is 0.496 e. The monoisotopic (exact) mass is 307 g/mol. The highest BCUT2D eigenvalue weighted by molar-refractivity contribution is 6.08. The summed E-state index contributed by atoms with van der Waals surface area (Å²) in [5.74, 6) is -0.500. The first kappa shape index (κ1) is 15.3. The number of methoxy groups -OCH3 is 2. The highest BCUT2D eigenvalue weighted by Crippen LogP contribution is 2.32. The zero-order valence-electron chi connectivity index (χ0n) is 12.1. The minimum absolute atomic E-state index is 0.0623. The first-order chi connectivity index (χ1) is 10.5. The van der Waals surface area contributed by atoms with Gasteiger partial charge in [-0.1, -0.05) is 11.2 Å². The fourth-order valence-electron chi connectivity index (χ4n) is 1.90. The van der Waals surface area contributed by atoms with E-state index in [9.17, 15) is 14.9 Å². The Labute approximate surface area is 125 Å². The summed E-state index contributed by atoms with van der Waals surface area (Å²) in [6.45, 7) is 1.40. The third-order valence-corrected chi connectivity index (χ3v) is 2.90. The zero-order chi connectivity index (χ0) is 16.3. The topological polar surface area (TPSA) is 117 Å². The van der Waals surface area contributed by atoms with Crippen molar-refractivity contribution < 1.29 is 23.7 Å². The lowest BCUT2D eigenvalue weighted by Gasteiger charge is -2.11. The fraction of sp³-hybridized carbons (Fsp3) is 0.231. The van der Waals surface area contributed by atoms with Gasteiger partial charge in [-0.3, -0.25) is 20.2 Å². The van der Waals surface area contributed by atoms with Crippen molar-refractivity contribution in [2.75, 3.05) is 19.5 Å². The fourth-order valence-corrected chi connectivity index (χ4v) is 1.90. The van der Waals surface area contributed by atoms with E-state index >= 15 is 0 Å². The Morgan fingerprint density at radius 1 is 1.32 bits per heavy atom. The molecule has 2 rings (SSSR count). The van der Waals surface area contributed by atoms with Crippen LogP contribution in [-0.2, 0) is 0 Å². The molecule has 22 heavy (non-hydrogen) atoms. The number of nitrogens with zero attached hydrogens (tertiary/aromatic N) is 2. The number of amides is 1. The Bertz CT molecular complexity index is 702. The van der Waals surface area contributed by atoms with Crippen LogP contribution >= 0.6 is 0 Å². The number of benzene rings is 1. The molecular formula is C13H13N3O6. The van der Waals surface area contributed by atoms with Gasteiger partial charge >= 0.3 is 11.6 Å². The van der Waals surface area contributed by atoms with Gasteiger partial charge in [0.15, 0.2) is 5.69 Å². The third kappa shape index (κ3) is 2.68. The Morgan fingerprint density at radius 3 is 2.41 bits per heavy atom. The highest BCUT2D eigenvalue weighted by Gasteiger charge is 2.28. The molecule has 1 N–H and O–H groups in total. The number of aromatic nitrogens is 1. The van der Waals surface area contributed by atoms with E-state index in [1.54, 1.807) is 18.2 Å². The lowest BCUT2D eigenvalue weighted by atomic mass is 10.1. The van der Waals surface area contributed by atoms with E-state index < -0.39 is 16.5 Å². The summed E-state index contributed by atoms with van der Waals surface area (Å²) in [4.78, 5) is 22.7. The van der Waals surface area contributed by atoms with Crippen LogP contribution in [0.2, 0.25) is 0 Å². The van der Waals surface area contributed by atoms with Crippen molar-refractivity contribution in [2.24, 2.45) is 0 Å². The molecule has 0 aliphatic rings. The van der Waals surface area contributed by atoms with Crippen LogP contribution in [0.15, 0.2) is 22.7 Å². The number of nitro groups is 1. The molecule has 1 heterocycles. The molecule has 1 aromatic carbocycles. The minimum Gasteiger partial charge on any atom is -0.496 e. The molecule has 0 fully saturated rings. The van der Waals surface area contributed by atoms with Crippen molar-refractivity contribution in [3.05, 3.63) is 39.6 Å². The second-order valence-electron chi connectivity index (χ2n) is 4.19. The van der Waals surface area contributed by atoms with Crippen LogP contribution in [0.5, 0.6) is 11.5 Å². The summed E-state index contributed by atoms with van der Waals surface area (Å²) < 4.78 is 15.0. The SMILES string of the molecule is COc1cccc(OC)c1C(=O)Nc1onc(C)c1[N+](=O)[O-]. The Kier molecular flexibility index (Phi) is 4.25. The quantitative estimate of drug-likeness (QED) is 0.664. The van der Waals surface area contributed by atoms with Gasteiger partial charge in [-0.15, -0.1) is 0 Å². The van der Waals surface area contributed by atoms with E-state index in [1.165, 1.54) is 21.1 Å². The molecule has 0 spiro atoms. The maximum absolute atomic E-state index is 12.4. The smallest absolute Gasteiger partial charge is 0.356 e. The maximum atomic E-state index is 12.4. The van der Waals surface area contributed by atoms with Gasteiger partial charge in [-0.2, -0.15) is 0 Å². The standard InChI is InChI=1S/C13H13N3O6/c1-7-11(16(18)19)13(22-15-7)14-12(17)10-8(20-2)5-4-6-9(10)21-3/h4-6H,1-3H3,(H,14,17). The predicted octanol–water partition coefficient (Wildman–Crippen LogP) is 2.16. The minimum atomic E-state index is -0.680. The number of ether oxygens (including phenoxy) is 2. The summed E-state index contributed by atoms with van der Waals surface area (Å²) in [6.07, 6.45) is 0. The van der Waals surface area contributed by atoms with Gasteiger partial charge in [0, 0.05) is 0 Å². The van der Waals surface area contributed by atoms with Crippen LogP contribution in [-0.4, -0.2) is 30.2 Å². The molecule has 2 aromatic rings. The van der Waals surface area contributed by atoms with E-state index in [4.69, 9.17) is 14.0 Å². The number of rotatable bonds is 5. The van der Waals surface area contributed by atoms with Crippen molar-refractivity contribution in [3.63, 3.8) is 0 Å². The van der Waals surface area contributed by atoms with Crippen molar-refractivity contribution in [3.8, 4) is 11.5 Å². The molecule has 0 saturated carbocycles. The van der Waals surface area contributed by atoms with Gasteiger partial charge in [0.05, 0.1) is 19.1 Å². The maximum Gasteiger partial charge on any atom is 0.356 e. The van der Waals surface area contributed by atoms with E-state index in [0.717, 1.165) is 0 Å². The summed E-state index contributed by atoms with van der Waals surface area (Å²) >= 11 is 0. The molecule has 9 heteroatoms. The summed E-state index contributed by atoms with van der Waals surface area (Å²) in [5, 5.41) is 16.8. The highest BCUT2D eigenvalue weighted by atomic mass is 16.6. The van der Waals surface area contributed by atoms with Crippen molar-refractivity contribution >= 4 is 17.5 Å². The predicted molar refractivity (Wildman–Crippen MR) is 75.4 cm³/mol. The molecule has 0 bridgehead atoms. The van der Waals surface area contributed by atoms with E-state index in [2.05, 4.69) is 10.5 Å². The Balaban J connectivity index is 2.40. The number of aryl methyl sites for hydroxylation is 1. The van der Waals surface area contributed by atoms with Gasteiger partial charge in [0.25, 0.3) is 5.91 Å². The van der Waals surface area contributed by atoms with E-state index in [1.807, 2.05) is 0 Å². The van der Waals surface area contributed by atoms with Gasteiger partial charge in [0.1, 0.15) is 17.1 Å². The van der Waals surface area contributed by atoms with Crippen LogP contribution in [0.1, 0.15) is 16.1 Å².